The average molecular weight is 913 g/mol. The van der Waals surface area contributed by atoms with Crippen molar-refractivity contribution >= 4 is 49.1 Å². The van der Waals surface area contributed by atoms with Crippen molar-refractivity contribution in [1.82, 2.24) is 9.97 Å². The van der Waals surface area contributed by atoms with Gasteiger partial charge in [-0.25, -0.2) is 9.05 Å². The number of fused-ring (bicyclic) bond motifs is 4. The van der Waals surface area contributed by atoms with Gasteiger partial charge in [-0.2, -0.15) is 13.2 Å². The van der Waals surface area contributed by atoms with E-state index in [1.54, 1.807) is 54.9 Å². The molecule has 0 amide bonds. The molecule has 0 aliphatic heterocycles. The molecule has 4 atom stereocenters. The van der Waals surface area contributed by atoms with Crippen molar-refractivity contribution in [2.45, 2.75) is 24.8 Å². The quantitative estimate of drug-likeness (QED) is 0.0812. The molecule has 10 nitrogen and oxygen atoms in total. The molecule has 0 aliphatic carbocycles. The van der Waals surface area contributed by atoms with Crippen LogP contribution in [0.25, 0.3) is 54.8 Å². The third kappa shape index (κ3) is 10.1. The fraction of sp³-hybridized carbons (Fsp3) is 0.105. The van der Waals surface area contributed by atoms with Gasteiger partial charge in [0.2, 0.25) is 0 Å². The Morgan fingerprint density at radius 3 is 1.54 bits per heavy atom. The van der Waals surface area contributed by atoms with E-state index < -0.39 is 41.3 Å². The van der Waals surface area contributed by atoms with E-state index >= 15 is 0 Å². The largest absolute Gasteiger partial charge is 0.747 e. The second kappa shape index (κ2) is 18.2. The number of hydrogen-bond acceptors (Lipinski definition) is 8. The number of pyridine rings is 2. The number of aliphatic hydroxyl groups excluding tert-OH is 2. The fourth-order valence-corrected chi connectivity index (χ4v) is 6.40. The van der Waals surface area contributed by atoms with Crippen molar-refractivity contribution < 1.29 is 101 Å². The van der Waals surface area contributed by atoms with Crippen LogP contribution in [0.5, 0.6) is 11.5 Å². The van der Waals surface area contributed by atoms with Gasteiger partial charge >= 0.3 is 22.7 Å². The van der Waals surface area contributed by atoms with Gasteiger partial charge in [0, 0.05) is 88.1 Å². The fourth-order valence-electron chi connectivity index (χ4n) is 5.80. The molecular formula is C38H29EuF3N2O8P2+2. The first-order valence-corrected chi connectivity index (χ1v) is 18.1. The summed E-state index contributed by atoms with van der Waals surface area (Å²) < 4.78 is 68.1. The minimum atomic E-state index is -4.71. The van der Waals surface area contributed by atoms with Gasteiger partial charge in [0.15, 0.2) is 17.6 Å². The van der Waals surface area contributed by atoms with Crippen molar-refractivity contribution in [1.29, 1.82) is 0 Å². The normalized spacial score (nSPS) is 12.9. The molecule has 275 valence electrons. The van der Waals surface area contributed by atoms with E-state index in [4.69, 9.17) is 23.9 Å². The van der Waals surface area contributed by atoms with Gasteiger partial charge in [-0.15, -0.1) is 9.79 Å². The van der Waals surface area contributed by atoms with Crippen LogP contribution in [0.15, 0.2) is 128 Å². The van der Waals surface area contributed by atoms with Gasteiger partial charge in [0.1, 0.15) is 0 Å². The standard InChI is InChI=1S/C24H14N2O6P2.C14H13F3O2.Eu/c27-33(28)31-17-5-1-15(2-6-17)19-11-13-25-23-21(19)9-10-22-20(12-14-26-24(22)23)16-3-7-18(8-4-16)32-34(29)30;15-14(16,17)13(19)8-12(18)11-6-5-9-3-1-2-4-10(9)7-11;/h1-14H;1-7,12-13,18-19H,8H2;/p+2. The molecule has 0 aliphatic rings. The first-order chi connectivity index (χ1) is 25.4. The van der Waals surface area contributed by atoms with Crippen LogP contribution in [0.4, 0.5) is 13.2 Å². The number of hydrogen-bond donors (Lipinski definition) is 4. The molecule has 1 radical (unpaired) electrons. The summed E-state index contributed by atoms with van der Waals surface area (Å²) in [6.45, 7) is 0. The third-order valence-electron chi connectivity index (χ3n) is 8.30. The number of aromatic nitrogens is 2. The molecule has 0 saturated carbocycles. The Morgan fingerprint density at radius 2 is 1.09 bits per heavy atom. The van der Waals surface area contributed by atoms with Crippen molar-refractivity contribution in [3.63, 3.8) is 0 Å². The Labute approximate surface area is 348 Å². The van der Waals surface area contributed by atoms with Crippen LogP contribution in [0, 0.1) is 49.4 Å². The van der Waals surface area contributed by atoms with E-state index in [-0.39, 0.29) is 49.4 Å². The summed E-state index contributed by atoms with van der Waals surface area (Å²) in [7, 11) is -5.43. The number of aliphatic hydroxyl groups is 2. The summed E-state index contributed by atoms with van der Waals surface area (Å²) in [5, 5.41) is 22.3. The summed E-state index contributed by atoms with van der Waals surface area (Å²) in [5.74, 6) is 0.620. The van der Waals surface area contributed by atoms with Crippen LogP contribution in [-0.4, -0.2) is 42.2 Å². The van der Waals surface area contributed by atoms with E-state index in [2.05, 4.69) is 9.97 Å². The van der Waals surface area contributed by atoms with Crippen molar-refractivity contribution in [3.05, 3.63) is 133 Å². The Morgan fingerprint density at radius 1 is 0.630 bits per heavy atom. The zero-order chi connectivity index (χ0) is 37.7. The second-order valence-electron chi connectivity index (χ2n) is 11.7. The molecular weight excluding hydrogens is 883 g/mol. The predicted molar refractivity (Wildman–Crippen MR) is 194 cm³/mol. The molecule has 16 heteroatoms. The molecule has 0 saturated heterocycles. The molecule has 5 aromatic carbocycles. The molecule has 2 heterocycles. The predicted octanol–water partition coefficient (Wildman–Crippen LogP) is 9.36. The van der Waals surface area contributed by atoms with Crippen LogP contribution in [0.1, 0.15) is 18.1 Å². The molecule has 7 rings (SSSR count). The maximum atomic E-state index is 12.2. The first kappa shape index (κ1) is 41.4. The van der Waals surface area contributed by atoms with Crippen molar-refractivity contribution in [2.75, 3.05) is 0 Å². The molecule has 54 heavy (non-hydrogen) atoms. The minimum Gasteiger partial charge on any atom is -0.388 e. The first-order valence-electron chi connectivity index (χ1n) is 15.8. The zero-order valence-electron chi connectivity index (χ0n) is 27.7. The van der Waals surface area contributed by atoms with Gasteiger partial charge in [0.25, 0.3) is 0 Å². The van der Waals surface area contributed by atoms with Gasteiger partial charge in [-0.1, -0.05) is 72.8 Å². The maximum absolute atomic E-state index is 12.2. The summed E-state index contributed by atoms with van der Waals surface area (Å²) >= 11 is 0. The molecule has 0 bridgehead atoms. The Kier molecular flexibility index (Phi) is 14.0. The Hall–Kier alpha value is -3.81. The SMILES string of the molecule is O=[P+](O)Oc1ccc(-c2ccnc3c2ccc2c(-c4ccc(O[P+](=O)O)cc4)ccnc23)cc1.OC(CC(O)C(F)(F)F)c1ccc2ccccc2c1.[Eu]. The maximum Gasteiger partial charge on any atom is 0.747 e. The molecule has 0 spiro atoms. The van der Waals surface area contributed by atoms with Gasteiger partial charge < -0.3 is 10.2 Å². The van der Waals surface area contributed by atoms with Gasteiger partial charge in [-0.3, -0.25) is 9.97 Å². The molecule has 2 aromatic heterocycles. The zero-order valence-corrected chi connectivity index (χ0v) is 31.9. The van der Waals surface area contributed by atoms with Gasteiger partial charge in [0.05, 0.1) is 17.1 Å². The number of alkyl halides is 3. The molecule has 4 unspecified atom stereocenters. The van der Waals surface area contributed by atoms with E-state index in [0.717, 1.165) is 54.8 Å². The third-order valence-corrected chi connectivity index (χ3v) is 9.04. The second-order valence-corrected chi connectivity index (χ2v) is 13.0. The Bertz CT molecular complexity index is 2320. The average Bonchev–Trinajstić information content (AvgIpc) is 3.14. The molecule has 7 aromatic rings. The van der Waals surface area contributed by atoms with Crippen molar-refractivity contribution in [3.8, 4) is 33.8 Å². The van der Waals surface area contributed by atoms with Crippen LogP contribution in [0.3, 0.4) is 0 Å². The van der Waals surface area contributed by atoms with Crippen LogP contribution in [-0.2, 0) is 9.13 Å². The minimum absolute atomic E-state index is 0. The molecule has 0 fully saturated rings. The van der Waals surface area contributed by atoms with Gasteiger partial charge in [-0.05, 0) is 81.1 Å². The number of rotatable bonds is 9. The number of halogens is 3. The van der Waals surface area contributed by atoms with E-state index in [1.807, 2.05) is 72.8 Å². The number of benzene rings is 5. The smallest absolute Gasteiger partial charge is 0.388 e. The van der Waals surface area contributed by atoms with E-state index in [9.17, 15) is 27.4 Å². The number of nitrogens with zero attached hydrogens (tertiary/aromatic N) is 2. The summed E-state index contributed by atoms with van der Waals surface area (Å²) in [6.07, 6.45) is -5.89. The van der Waals surface area contributed by atoms with E-state index in [0.29, 0.717) is 17.1 Å². The van der Waals surface area contributed by atoms with Crippen molar-refractivity contribution in [2.24, 2.45) is 0 Å². The van der Waals surface area contributed by atoms with E-state index in [1.165, 1.54) is 0 Å². The van der Waals surface area contributed by atoms with Crippen LogP contribution >= 0.6 is 16.5 Å². The Balaban J connectivity index is 0.000000239. The summed E-state index contributed by atoms with van der Waals surface area (Å²) in [4.78, 5) is 27.1. The van der Waals surface area contributed by atoms with Crippen LogP contribution in [0.2, 0.25) is 0 Å². The summed E-state index contributed by atoms with van der Waals surface area (Å²) in [6, 6.07) is 33.9. The monoisotopic (exact) mass is 913 g/mol. The van der Waals surface area contributed by atoms with Crippen LogP contribution < -0.4 is 9.05 Å². The topological polar surface area (TPSA) is 159 Å². The molecule has 4 N–H and O–H groups in total. The summed E-state index contributed by atoms with van der Waals surface area (Å²) in [5.41, 5.74) is 5.54.